The van der Waals surface area contributed by atoms with E-state index in [0.717, 1.165) is 25.8 Å². The van der Waals surface area contributed by atoms with Gasteiger partial charge >= 0.3 is 6.03 Å². The van der Waals surface area contributed by atoms with E-state index in [1.54, 1.807) is 24.3 Å². The summed E-state index contributed by atoms with van der Waals surface area (Å²) < 4.78 is 0. The van der Waals surface area contributed by atoms with Gasteiger partial charge in [-0.1, -0.05) is 13.0 Å². The molecule has 3 amide bonds. The molecule has 0 saturated carbocycles. The van der Waals surface area contributed by atoms with Crippen molar-refractivity contribution in [3.63, 3.8) is 0 Å². The van der Waals surface area contributed by atoms with E-state index < -0.39 is 11.6 Å². The Morgan fingerprint density at radius 3 is 2.60 bits per heavy atom. The third-order valence-electron chi connectivity index (χ3n) is 3.67. The summed E-state index contributed by atoms with van der Waals surface area (Å²) in [5.41, 5.74) is 5.79. The Balaban J connectivity index is 2.09. The minimum atomic E-state index is -0.629. The van der Waals surface area contributed by atoms with Crippen LogP contribution in [0.4, 0.5) is 16.2 Å². The van der Waals surface area contributed by atoms with Crippen molar-refractivity contribution < 1.29 is 9.59 Å². The number of benzene rings is 1. The van der Waals surface area contributed by atoms with Crippen LogP contribution in [0, 0.1) is 0 Å². The molecule has 1 aliphatic heterocycles. The highest BCUT2D eigenvalue weighted by molar-refractivity contribution is 5.99. The number of rotatable bonds is 4. The first kappa shape index (κ1) is 14.3. The van der Waals surface area contributed by atoms with Gasteiger partial charge in [0.25, 0.3) is 0 Å². The zero-order chi connectivity index (χ0) is 14.6. The lowest BCUT2D eigenvalue weighted by molar-refractivity contribution is -0.122. The first-order valence-corrected chi connectivity index (χ1v) is 6.79. The fourth-order valence-electron chi connectivity index (χ4n) is 2.53. The number of nitrogens with one attached hydrogen (secondary N) is 3. The number of hydrogen-bond acceptors (Lipinski definition) is 3. The first-order chi connectivity index (χ1) is 9.55. The molecule has 0 radical (unpaired) electrons. The predicted octanol–water partition coefficient (Wildman–Crippen LogP) is 1.65. The van der Waals surface area contributed by atoms with Gasteiger partial charge in [-0.15, -0.1) is 0 Å². The summed E-state index contributed by atoms with van der Waals surface area (Å²) in [6, 6.07) is 6.30. The maximum absolute atomic E-state index is 12.4. The highest BCUT2D eigenvalue weighted by atomic mass is 16.2. The molecule has 1 aromatic rings. The van der Waals surface area contributed by atoms with Gasteiger partial charge in [0.15, 0.2) is 0 Å². The minimum Gasteiger partial charge on any atom is -0.351 e. The van der Waals surface area contributed by atoms with Crippen LogP contribution in [0.5, 0.6) is 0 Å². The maximum Gasteiger partial charge on any atom is 0.316 e. The number of carbonyl (C=O) groups is 2. The van der Waals surface area contributed by atoms with Crippen molar-refractivity contribution in [3.8, 4) is 0 Å². The monoisotopic (exact) mass is 276 g/mol. The van der Waals surface area contributed by atoms with Crippen LogP contribution in [0.2, 0.25) is 0 Å². The van der Waals surface area contributed by atoms with Gasteiger partial charge in [0.1, 0.15) is 0 Å². The summed E-state index contributed by atoms with van der Waals surface area (Å²) in [5, 5.41) is 8.66. The Morgan fingerprint density at radius 2 is 2.05 bits per heavy atom. The standard InChI is InChI=1S/C14H20N4O2/c1-2-14(7-4-8-16-14)12(19)17-10-5-3-6-11(9-10)18-13(15)20/h3,5-6,9,16H,2,4,7-8H2,1H3,(H,17,19)(H3,15,18,20). The second-order valence-corrected chi connectivity index (χ2v) is 4.99. The summed E-state index contributed by atoms with van der Waals surface area (Å²) >= 11 is 0. The molecule has 0 bridgehead atoms. The van der Waals surface area contributed by atoms with Crippen LogP contribution in [0.3, 0.4) is 0 Å². The summed E-state index contributed by atoms with van der Waals surface area (Å²) in [4.78, 5) is 23.2. The largest absolute Gasteiger partial charge is 0.351 e. The molecule has 1 aromatic carbocycles. The number of nitrogens with two attached hydrogens (primary N) is 1. The Morgan fingerprint density at radius 1 is 1.35 bits per heavy atom. The minimum absolute atomic E-state index is 0.0336. The maximum atomic E-state index is 12.4. The molecule has 2 rings (SSSR count). The summed E-state index contributed by atoms with van der Waals surface area (Å²) in [6.07, 6.45) is 2.59. The van der Waals surface area contributed by atoms with Crippen molar-refractivity contribution in [1.82, 2.24) is 5.32 Å². The Hall–Kier alpha value is -2.08. The van der Waals surface area contributed by atoms with E-state index in [2.05, 4.69) is 16.0 Å². The second kappa shape index (κ2) is 5.92. The van der Waals surface area contributed by atoms with Crippen molar-refractivity contribution in [1.29, 1.82) is 0 Å². The van der Waals surface area contributed by atoms with Crippen LogP contribution in [-0.4, -0.2) is 24.0 Å². The van der Waals surface area contributed by atoms with E-state index in [4.69, 9.17) is 5.73 Å². The Bertz CT molecular complexity index is 510. The highest BCUT2D eigenvalue weighted by Gasteiger charge is 2.38. The van der Waals surface area contributed by atoms with Crippen LogP contribution in [0.1, 0.15) is 26.2 Å². The number of anilines is 2. The molecule has 108 valence electrons. The van der Waals surface area contributed by atoms with Gasteiger partial charge in [0.2, 0.25) is 5.91 Å². The van der Waals surface area contributed by atoms with E-state index >= 15 is 0 Å². The summed E-state index contributed by atoms with van der Waals surface area (Å²) in [6.45, 7) is 2.87. The fraction of sp³-hybridized carbons (Fsp3) is 0.429. The number of amides is 3. The average molecular weight is 276 g/mol. The normalized spacial score (nSPS) is 21.4. The molecular weight excluding hydrogens is 256 g/mol. The van der Waals surface area contributed by atoms with Crippen molar-refractivity contribution in [2.75, 3.05) is 17.2 Å². The molecule has 0 aliphatic carbocycles. The quantitative estimate of drug-likeness (QED) is 0.673. The van der Waals surface area contributed by atoms with Crippen molar-refractivity contribution in [2.24, 2.45) is 5.73 Å². The molecule has 1 heterocycles. The van der Waals surface area contributed by atoms with Crippen LogP contribution in [0.15, 0.2) is 24.3 Å². The lowest BCUT2D eigenvalue weighted by atomic mass is 9.93. The molecule has 5 N–H and O–H groups in total. The van der Waals surface area contributed by atoms with Gasteiger partial charge in [0, 0.05) is 11.4 Å². The van der Waals surface area contributed by atoms with E-state index in [0.29, 0.717) is 11.4 Å². The lowest BCUT2D eigenvalue weighted by Crippen LogP contribution is -2.50. The van der Waals surface area contributed by atoms with Crippen molar-refractivity contribution in [2.45, 2.75) is 31.7 Å². The average Bonchev–Trinajstić information content (AvgIpc) is 2.88. The highest BCUT2D eigenvalue weighted by Crippen LogP contribution is 2.25. The fourth-order valence-corrected chi connectivity index (χ4v) is 2.53. The van der Waals surface area contributed by atoms with E-state index in [1.807, 2.05) is 6.92 Å². The van der Waals surface area contributed by atoms with Gasteiger partial charge in [-0.25, -0.2) is 4.79 Å². The molecule has 1 atom stereocenters. The number of hydrogen-bond donors (Lipinski definition) is 4. The summed E-state index contributed by atoms with van der Waals surface area (Å²) in [5.74, 6) is -0.0336. The van der Waals surface area contributed by atoms with Gasteiger partial charge in [-0.2, -0.15) is 0 Å². The predicted molar refractivity (Wildman–Crippen MR) is 78.5 cm³/mol. The molecular formula is C14H20N4O2. The Kier molecular flexibility index (Phi) is 4.24. The van der Waals surface area contributed by atoms with E-state index in [-0.39, 0.29) is 5.91 Å². The van der Waals surface area contributed by atoms with E-state index in [1.165, 1.54) is 0 Å². The molecule has 1 saturated heterocycles. The molecule has 0 aromatic heterocycles. The SMILES string of the molecule is CCC1(C(=O)Nc2cccc(NC(N)=O)c2)CCCN1. The topological polar surface area (TPSA) is 96.2 Å². The zero-order valence-corrected chi connectivity index (χ0v) is 11.5. The van der Waals surface area contributed by atoms with Gasteiger partial charge < -0.3 is 21.7 Å². The smallest absolute Gasteiger partial charge is 0.316 e. The molecule has 1 unspecified atom stereocenters. The molecule has 1 fully saturated rings. The van der Waals surface area contributed by atoms with Crippen molar-refractivity contribution >= 4 is 23.3 Å². The van der Waals surface area contributed by atoms with Crippen LogP contribution >= 0.6 is 0 Å². The summed E-state index contributed by atoms with van der Waals surface area (Å²) in [7, 11) is 0. The molecule has 6 nitrogen and oxygen atoms in total. The second-order valence-electron chi connectivity index (χ2n) is 4.99. The van der Waals surface area contributed by atoms with Crippen LogP contribution in [0.25, 0.3) is 0 Å². The zero-order valence-electron chi connectivity index (χ0n) is 11.5. The van der Waals surface area contributed by atoms with Crippen LogP contribution < -0.4 is 21.7 Å². The molecule has 6 heteroatoms. The van der Waals surface area contributed by atoms with Gasteiger partial charge in [-0.05, 0) is 44.0 Å². The third kappa shape index (κ3) is 3.08. The van der Waals surface area contributed by atoms with Crippen molar-refractivity contribution in [3.05, 3.63) is 24.3 Å². The number of urea groups is 1. The van der Waals surface area contributed by atoms with Gasteiger partial charge in [-0.3, -0.25) is 4.79 Å². The molecule has 20 heavy (non-hydrogen) atoms. The Labute approximate surface area is 118 Å². The van der Waals surface area contributed by atoms with Crippen LogP contribution in [-0.2, 0) is 4.79 Å². The number of carbonyl (C=O) groups excluding carboxylic acids is 2. The molecule has 1 aliphatic rings. The van der Waals surface area contributed by atoms with E-state index in [9.17, 15) is 9.59 Å². The number of primary amides is 1. The molecule has 0 spiro atoms. The third-order valence-corrected chi connectivity index (χ3v) is 3.67. The lowest BCUT2D eigenvalue weighted by Gasteiger charge is -2.26. The first-order valence-electron chi connectivity index (χ1n) is 6.79. The van der Waals surface area contributed by atoms with Gasteiger partial charge in [0.05, 0.1) is 5.54 Å².